The van der Waals surface area contributed by atoms with Crippen LogP contribution in [0.4, 0.5) is 0 Å². The first-order valence-corrected chi connectivity index (χ1v) is 9.21. The summed E-state index contributed by atoms with van der Waals surface area (Å²) in [7, 11) is 0. The summed E-state index contributed by atoms with van der Waals surface area (Å²) < 4.78 is 0. The molecule has 2 heteroatoms. The minimum Gasteiger partial charge on any atom is -0.478 e. The van der Waals surface area contributed by atoms with Crippen LogP contribution in [0.1, 0.15) is 78.7 Å². The molecule has 2 aromatic carbocycles. The van der Waals surface area contributed by atoms with Gasteiger partial charge in [-0.15, -0.1) is 0 Å². The Kier molecular flexibility index (Phi) is 4.34. The molecule has 0 aliphatic heterocycles. The van der Waals surface area contributed by atoms with Gasteiger partial charge >= 0.3 is 5.97 Å². The van der Waals surface area contributed by atoms with E-state index in [1.807, 2.05) is 6.07 Å². The Bertz CT molecular complexity index is 900. The SMILES string of the molecule is C=C(c1cccc(C(=O)O)c1)c1cc(C)cc2c1C(C)(C)CCC2(C)C. The van der Waals surface area contributed by atoms with Crippen LogP contribution in [0.3, 0.4) is 0 Å². The van der Waals surface area contributed by atoms with Crippen LogP contribution in [0.5, 0.6) is 0 Å². The van der Waals surface area contributed by atoms with E-state index in [2.05, 4.69) is 53.3 Å². The number of benzene rings is 2. The van der Waals surface area contributed by atoms with Crippen molar-refractivity contribution in [2.45, 2.75) is 58.3 Å². The summed E-state index contributed by atoms with van der Waals surface area (Å²) in [5.41, 5.74) is 7.42. The number of aromatic carboxylic acids is 1. The highest BCUT2D eigenvalue weighted by Gasteiger charge is 2.39. The summed E-state index contributed by atoms with van der Waals surface area (Å²) in [5, 5.41) is 9.32. The molecule has 0 bridgehead atoms. The summed E-state index contributed by atoms with van der Waals surface area (Å²) in [6, 6.07) is 11.6. The largest absolute Gasteiger partial charge is 0.478 e. The first-order chi connectivity index (χ1) is 12.0. The van der Waals surface area contributed by atoms with Crippen LogP contribution in [0.25, 0.3) is 5.57 Å². The molecule has 0 saturated carbocycles. The summed E-state index contributed by atoms with van der Waals surface area (Å²) in [6.07, 6.45) is 2.29. The second-order valence-corrected chi connectivity index (χ2v) is 8.87. The van der Waals surface area contributed by atoms with Gasteiger partial charge in [-0.3, -0.25) is 0 Å². The molecule has 0 spiro atoms. The summed E-state index contributed by atoms with van der Waals surface area (Å²) in [4.78, 5) is 11.4. The second-order valence-electron chi connectivity index (χ2n) is 8.87. The highest BCUT2D eigenvalue weighted by molar-refractivity contribution is 5.90. The Morgan fingerprint density at radius 3 is 2.27 bits per heavy atom. The number of rotatable bonds is 3. The van der Waals surface area contributed by atoms with E-state index < -0.39 is 5.97 Å². The predicted octanol–water partition coefficient (Wildman–Crippen LogP) is 6.10. The third-order valence-corrected chi connectivity index (χ3v) is 5.85. The average molecular weight is 348 g/mol. The fourth-order valence-corrected chi connectivity index (χ4v) is 4.17. The van der Waals surface area contributed by atoms with Crippen LogP contribution in [-0.2, 0) is 10.8 Å². The maximum absolute atomic E-state index is 11.4. The second kappa shape index (κ2) is 6.12. The molecule has 0 unspecified atom stereocenters. The molecule has 0 radical (unpaired) electrons. The highest BCUT2D eigenvalue weighted by atomic mass is 16.4. The van der Waals surface area contributed by atoms with Gasteiger partial charge in [0.15, 0.2) is 0 Å². The molecule has 0 fully saturated rings. The van der Waals surface area contributed by atoms with Crippen molar-refractivity contribution in [1.29, 1.82) is 0 Å². The van der Waals surface area contributed by atoms with Crippen molar-refractivity contribution < 1.29 is 9.90 Å². The lowest BCUT2D eigenvalue weighted by Gasteiger charge is -2.43. The van der Waals surface area contributed by atoms with Crippen molar-refractivity contribution in [2.75, 3.05) is 0 Å². The predicted molar refractivity (Wildman–Crippen MR) is 108 cm³/mol. The number of carbonyl (C=O) groups is 1. The van der Waals surface area contributed by atoms with Crippen molar-refractivity contribution in [2.24, 2.45) is 0 Å². The number of fused-ring (bicyclic) bond motifs is 1. The van der Waals surface area contributed by atoms with Gasteiger partial charge in [0.25, 0.3) is 0 Å². The average Bonchev–Trinajstić information content (AvgIpc) is 2.57. The quantitative estimate of drug-likeness (QED) is 0.727. The smallest absolute Gasteiger partial charge is 0.335 e. The Hall–Kier alpha value is -2.35. The summed E-state index contributed by atoms with van der Waals surface area (Å²) in [5.74, 6) is -0.910. The van der Waals surface area contributed by atoms with Crippen molar-refractivity contribution in [3.63, 3.8) is 0 Å². The molecule has 3 rings (SSSR count). The Balaban J connectivity index is 2.23. The molecule has 0 aromatic heterocycles. The lowest BCUT2D eigenvalue weighted by molar-refractivity contribution is 0.0697. The van der Waals surface area contributed by atoms with Crippen molar-refractivity contribution in [3.05, 3.63) is 76.4 Å². The van der Waals surface area contributed by atoms with E-state index in [0.717, 1.165) is 29.5 Å². The normalized spacial score (nSPS) is 17.4. The van der Waals surface area contributed by atoms with Crippen LogP contribution in [0.2, 0.25) is 0 Å². The molecule has 2 aromatic rings. The molecule has 0 heterocycles. The zero-order valence-electron chi connectivity index (χ0n) is 16.4. The van der Waals surface area contributed by atoms with E-state index in [1.54, 1.807) is 18.2 Å². The van der Waals surface area contributed by atoms with Gasteiger partial charge < -0.3 is 5.11 Å². The van der Waals surface area contributed by atoms with Crippen LogP contribution in [0, 0.1) is 6.92 Å². The molecule has 1 aliphatic carbocycles. The molecule has 1 N–H and O–H groups in total. The number of hydrogen-bond acceptors (Lipinski definition) is 1. The van der Waals surface area contributed by atoms with E-state index in [1.165, 1.54) is 16.7 Å². The van der Waals surface area contributed by atoms with Gasteiger partial charge in [0.2, 0.25) is 0 Å². The van der Waals surface area contributed by atoms with E-state index in [9.17, 15) is 9.90 Å². The molecule has 0 saturated heterocycles. The van der Waals surface area contributed by atoms with Gasteiger partial charge in [0, 0.05) is 0 Å². The molecular formula is C24H28O2. The van der Waals surface area contributed by atoms with E-state index >= 15 is 0 Å². The highest BCUT2D eigenvalue weighted by Crippen LogP contribution is 2.49. The number of carboxylic acid groups (broad SMARTS) is 1. The summed E-state index contributed by atoms with van der Waals surface area (Å²) >= 11 is 0. The lowest BCUT2D eigenvalue weighted by Crippen LogP contribution is -2.35. The van der Waals surface area contributed by atoms with Crippen LogP contribution in [0.15, 0.2) is 43.0 Å². The molecule has 2 nitrogen and oxygen atoms in total. The number of carboxylic acids is 1. The van der Waals surface area contributed by atoms with Gasteiger partial charge in [0.05, 0.1) is 5.56 Å². The Morgan fingerprint density at radius 1 is 1.00 bits per heavy atom. The summed E-state index contributed by atoms with van der Waals surface area (Å²) in [6.45, 7) is 15.7. The maximum Gasteiger partial charge on any atom is 0.335 e. The lowest BCUT2D eigenvalue weighted by atomic mass is 9.61. The third kappa shape index (κ3) is 3.09. The van der Waals surface area contributed by atoms with Gasteiger partial charge in [-0.25, -0.2) is 4.79 Å². The molecule has 0 amide bonds. The monoisotopic (exact) mass is 348 g/mol. The third-order valence-electron chi connectivity index (χ3n) is 5.85. The standard InChI is InChI=1S/C24H28O2/c1-15-12-19(16(2)17-8-7-9-18(14-17)22(25)26)21-20(13-15)23(3,4)10-11-24(21,5)6/h7-9,12-14H,2,10-11H2,1,3-6H3,(H,25,26). The van der Waals surface area contributed by atoms with Gasteiger partial charge in [0.1, 0.15) is 0 Å². The number of aryl methyl sites for hydroxylation is 1. The topological polar surface area (TPSA) is 37.3 Å². The van der Waals surface area contributed by atoms with E-state index in [0.29, 0.717) is 5.56 Å². The number of hydrogen-bond donors (Lipinski definition) is 1. The van der Waals surface area contributed by atoms with Crippen molar-refractivity contribution in [1.82, 2.24) is 0 Å². The fraction of sp³-hybridized carbons (Fsp3) is 0.375. The van der Waals surface area contributed by atoms with Gasteiger partial charge in [-0.2, -0.15) is 0 Å². The van der Waals surface area contributed by atoms with Crippen molar-refractivity contribution in [3.8, 4) is 0 Å². The van der Waals surface area contributed by atoms with Gasteiger partial charge in [-0.1, -0.05) is 64.1 Å². The Morgan fingerprint density at radius 2 is 1.62 bits per heavy atom. The van der Waals surface area contributed by atoms with E-state index in [-0.39, 0.29) is 10.8 Å². The van der Waals surface area contributed by atoms with Crippen LogP contribution < -0.4 is 0 Å². The molecule has 26 heavy (non-hydrogen) atoms. The molecular weight excluding hydrogens is 320 g/mol. The molecule has 1 aliphatic rings. The molecule has 0 atom stereocenters. The maximum atomic E-state index is 11.4. The van der Waals surface area contributed by atoms with Gasteiger partial charge in [-0.05, 0) is 70.6 Å². The van der Waals surface area contributed by atoms with Crippen LogP contribution in [-0.4, -0.2) is 11.1 Å². The first kappa shape index (κ1) is 18.4. The first-order valence-electron chi connectivity index (χ1n) is 9.21. The Labute approximate surface area is 156 Å². The van der Waals surface area contributed by atoms with Crippen LogP contribution >= 0.6 is 0 Å². The van der Waals surface area contributed by atoms with E-state index in [4.69, 9.17) is 0 Å². The van der Waals surface area contributed by atoms with Crippen molar-refractivity contribution >= 4 is 11.5 Å². The zero-order chi connectivity index (χ0) is 19.3. The zero-order valence-corrected chi connectivity index (χ0v) is 16.4. The fourth-order valence-electron chi connectivity index (χ4n) is 4.17. The molecule has 136 valence electrons. The minimum atomic E-state index is -0.910. The minimum absolute atomic E-state index is 0.0707.